The molecule has 1 aromatic rings. The lowest BCUT2D eigenvalue weighted by Gasteiger charge is -2.24. The third-order valence-electron chi connectivity index (χ3n) is 3.57. The van der Waals surface area contributed by atoms with Crippen LogP contribution in [0.5, 0.6) is 0 Å². The third-order valence-corrected chi connectivity index (χ3v) is 3.57. The van der Waals surface area contributed by atoms with Gasteiger partial charge in [-0.1, -0.05) is 6.42 Å². The summed E-state index contributed by atoms with van der Waals surface area (Å²) in [5.41, 5.74) is 3.48. The zero-order valence-electron chi connectivity index (χ0n) is 8.29. The number of hydrogen-bond donors (Lipinski definition) is 2. The molecule has 3 heteroatoms. The van der Waals surface area contributed by atoms with Gasteiger partial charge < -0.3 is 5.11 Å². The van der Waals surface area contributed by atoms with Gasteiger partial charge in [0.05, 0.1) is 12.3 Å². The molecule has 0 radical (unpaired) electrons. The highest BCUT2D eigenvalue weighted by atomic mass is 16.3. The average Bonchev–Trinajstić information content (AvgIpc) is 2.86. The van der Waals surface area contributed by atoms with Crippen LogP contribution in [0.25, 0.3) is 0 Å². The van der Waals surface area contributed by atoms with Gasteiger partial charge >= 0.3 is 0 Å². The van der Waals surface area contributed by atoms with E-state index in [0.29, 0.717) is 11.8 Å². The van der Waals surface area contributed by atoms with E-state index in [1.54, 1.807) is 0 Å². The molecule has 2 fully saturated rings. The molecule has 2 aliphatic rings. The lowest BCUT2D eigenvalue weighted by atomic mass is 9.81. The van der Waals surface area contributed by atoms with Crippen LogP contribution < -0.4 is 0 Å². The van der Waals surface area contributed by atoms with Crippen molar-refractivity contribution < 1.29 is 5.11 Å². The molecule has 2 saturated carbocycles. The van der Waals surface area contributed by atoms with Crippen LogP contribution in [0.3, 0.4) is 0 Å². The molecule has 0 amide bonds. The molecular formula is C11H16N2O. The number of aromatic nitrogens is 2. The van der Waals surface area contributed by atoms with E-state index in [1.807, 2.05) is 0 Å². The first-order chi connectivity index (χ1) is 6.90. The van der Waals surface area contributed by atoms with Crippen LogP contribution in [0.4, 0.5) is 0 Å². The summed E-state index contributed by atoms with van der Waals surface area (Å²) in [4.78, 5) is 0. The number of nitrogens with zero attached hydrogens (tertiary/aromatic N) is 1. The van der Waals surface area contributed by atoms with Crippen molar-refractivity contribution in [2.45, 2.75) is 50.5 Å². The number of aliphatic hydroxyl groups is 1. The van der Waals surface area contributed by atoms with Crippen molar-refractivity contribution in [1.82, 2.24) is 10.2 Å². The first-order valence-electron chi connectivity index (χ1n) is 5.58. The zero-order chi connectivity index (χ0) is 9.54. The summed E-state index contributed by atoms with van der Waals surface area (Å²) in [7, 11) is 0. The summed E-state index contributed by atoms with van der Waals surface area (Å²) >= 11 is 0. The summed E-state index contributed by atoms with van der Waals surface area (Å²) < 4.78 is 0. The SMILES string of the molecule is OCc1c(C2CCC2)n[nH]c1C1CC1. The van der Waals surface area contributed by atoms with Gasteiger partial charge in [-0.2, -0.15) is 5.10 Å². The summed E-state index contributed by atoms with van der Waals surface area (Å²) in [6, 6.07) is 0. The molecule has 3 rings (SSSR count). The minimum Gasteiger partial charge on any atom is -0.392 e. The van der Waals surface area contributed by atoms with E-state index in [-0.39, 0.29) is 6.61 Å². The van der Waals surface area contributed by atoms with Crippen molar-refractivity contribution >= 4 is 0 Å². The minimum atomic E-state index is 0.161. The van der Waals surface area contributed by atoms with E-state index < -0.39 is 0 Å². The lowest BCUT2D eigenvalue weighted by molar-refractivity contribution is 0.276. The van der Waals surface area contributed by atoms with Gasteiger partial charge in [0, 0.05) is 23.1 Å². The Kier molecular flexibility index (Phi) is 1.87. The number of H-pyrrole nitrogens is 1. The van der Waals surface area contributed by atoms with Crippen molar-refractivity contribution in [3.05, 3.63) is 17.0 Å². The Morgan fingerprint density at radius 1 is 1.21 bits per heavy atom. The molecule has 1 aromatic heterocycles. The summed E-state index contributed by atoms with van der Waals surface area (Å²) in [5, 5.41) is 16.9. The van der Waals surface area contributed by atoms with Crippen LogP contribution >= 0.6 is 0 Å². The van der Waals surface area contributed by atoms with Gasteiger partial charge in [-0.3, -0.25) is 5.10 Å². The van der Waals surface area contributed by atoms with Gasteiger partial charge in [-0.25, -0.2) is 0 Å². The summed E-state index contributed by atoms with van der Waals surface area (Å²) in [6.45, 7) is 0.161. The standard InChI is InChI=1S/C11H16N2O/c14-6-9-10(7-2-1-3-7)12-13-11(9)8-4-5-8/h7-8,14H,1-6H2,(H,12,13). The van der Waals surface area contributed by atoms with Gasteiger partial charge in [0.25, 0.3) is 0 Å². The van der Waals surface area contributed by atoms with Gasteiger partial charge in [0.2, 0.25) is 0 Å². The third kappa shape index (κ3) is 1.19. The normalized spacial score (nSPS) is 22.4. The molecule has 0 unspecified atom stereocenters. The molecule has 0 aromatic carbocycles. The smallest absolute Gasteiger partial charge is 0.0718 e. The molecule has 0 spiro atoms. The van der Waals surface area contributed by atoms with E-state index >= 15 is 0 Å². The van der Waals surface area contributed by atoms with Crippen molar-refractivity contribution in [2.75, 3.05) is 0 Å². The summed E-state index contributed by atoms with van der Waals surface area (Å²) in [6.07, 6.45) is 6.35. The van der Waals surface area contributed by atoms with Crippen molar-refractivity contribution in [1.29, 1.82) is 0 Å². The molecule has 14 heavy (non-hydrogen) atoms. The van der Waals surface area contributed by atoms with Gasteiger partial charge in [0.1, 0.15) is 0 Å². The quantitative estimate of drug-likeness (QED) is 0.770. The highest BCUT2D eigenvalue weighted by Crippen LogP contribution is 2.44. The fourth-order valence-corrected chi connectivity index (χ4v) is 2.29. The number of aromatic amines is 1. The number of hydrogen-bond acceptors (Lipinski definition) is 2. The molecule has 0 saturated heterocycles. The van der Waals surface area contributed by atoms with E-state index in [0.717, 1.165) is 11.3 Å². The fourth-order valence-electron chi connectivity index (χ4n) is 2.29. The molecular weight excluding hydrogens is 176 g/mol. The molecule has 0 atom stereocenters. The van der Waals surface area contributed by atoms with Crippen LogP contribution in [-0.4, -0.2) is 15.3 Å². The van der Waals surface area contributed by atoms with Crippen LogP contribution in [-0.2, 0) is 6.61 Å². The number of aliphatic hydroxyl groups excluding tert-OH is 1. The Hall–Kier alpha value is -0.830. The van der Waals surface area contributed by atoms with Gasteiger partial charge in [-0.15, -0.1) is 0 Å². The Bertz CT molecular complexity index is 337. The number of rotatable bonds is 3. The minimum absolute atomic E-state index is 0.161. The molecule has 76 valence electrons. The Labute approximate surface area is 83.5 Å². The summed E-state index contributed by atoms with van der Waals surface area (Å²) in [5.74, 6) is 1.29. The molecule has 0 aliphatic heterocycles. The van der Waals surface area contributed by atoms with E-state index in [2.05, 4.69) is 10.2 Å². The Morgan fingerprint density at radius 3 is 2.50 bits per heavy atom. The molecule has 3 nitrogen and oxygen atoms in total. The predicted octanol–water partition coefficient (Wildman–Crippen LogP) is 2.05. The highest BCUT2D eigenvalue weighted by Gasteiger charge is 2.32. The highest BCUT2D eigenvalue weighted by molar-refractivity contribution is 5.33. The zero-order valence-corrected chi connectivity index (χ0v) is 8.29. The van der Waals surface area contributed by atoms with Crippen molar-refractivity contribution in [2.24, 2.45) is 0 Å². The first-order valence-corrected chi connectivity index (χ1v) is 5.58. The topological polar surface area (TPSA) is 48.9 Å². The lowest BCUT2D eigenvalue weighted by Crippen LogP contribution is -2.11. The molecule has 2 N–H and O–H groups in total. The predicted molar refractivity (Wildman–Crippen MR) is 53.1 cm³/mol. The molecule has 0 bridgehead atoms. The van der Waals surface area contributed by atoms with Crippen LogP contribution in [0, 0.1) is 0 Å². The van der Waals surface area contributed by atoms with Crippen LogP contribution in [0.15, 0.2) is 0 Å². The molecule has 1 heterocycles. The van der Waals surface area contributed by atoms with E-state index in [9.17, 15) is 5.11 Å². The second-order valence-electron chi connectivity index (χ2n) is 4.56. The van der Waals surface area contributed by atoms with E-state index in [4.69, 9.17) is 0 Å². The fraction of sp³-hybridized carbons (Fsp3) is 0.727. The second kappa shape index (κ2) is 3.09. The van der Waals surface area contributed by atoms with Gasteiger partial charge in [0.15, 0.2) is 0 Å². The monoisotopic (exact) mass is 192 g/mol. The van der Waals surface area contributed by atoms with Crippen molar-refractivity contribution in [3.63, 3.8) is 0 Å². The Balaban J connectivity index is 1.93. The number of nitrogens with one attached hydrogen (secondary N) is 1. The maximum atomic E-state index is 9.37. The maximum absolute atomic E-state index is 9.37. The Morgan fingerprint density at radius 2 is 2.00 bits per heavy atom. The van der Waals surface area contributed by atoms with Crippen molar-refractivity contribution in [3.8, 4) is 0 Å². The second-order valence-corrected chi connectivity index (χ2v) is 4.56. The average molecular weight is 192 g/mol. The molecule has 2 aliphatic carbocycles. The van der Waals surface area contributed by atoms with E-state index in [1.165, 1.54) is 37.8 Å². The largest absolute Gasteiger partial charge is 0.392 e. The first kappa shape index (κ1) is 8.48. The maximum Gasteiger partial charge on any atom is 0.0718 e. The van der Waals surface area contributed by atoms with Crippen LogP contribution in [0.2, 0.25) is 0 Å². The van der Waals surface area contributed by atoms with Crippen LogP contribution in [0.1, 0.15) is 60.9 Å². The van der Waals surface area contributed by atoms with Gasteiger partial charge in [-0.05, 0) is 25.7 Å².